The summed E-state index contributed by atoms with van der Waals surface area (Å²) in [5, 5.41) is 14.5. The highest BCUT2D eigenvalue weighted by atomic mass is 35.5. The molecule has 0 saturated carbocycles. The van der Waals surface area contributed by atoms with Crippen LogP contribution in [0.15, 0.2) is 24.4 Å². The number of halogens is 3. The summed E-state index contributed by atoms with van der Waals surface area (Å²) in [6.07, 6.45) is 0.227. The molecule has 0 aliphatic heterocycles. The zero-order valence-corrected chi connectivity index (χ0v) is 11.1. The summed E-state index contributed by atoms with van der Waals surface area (Å²) in [7, 11) is 0. The lowest BCUT2D eigenvalue weighted by atomic mass is 10.1. The van der Waals surface area contributed by atoms with Gasteiger partial charge >= 0.3 is 0 Å². The highest BCUT2D eigenvalue weighted by molar-refractivity contribution is 6.31. The molecule has 0 spiro atoms. The second-order valence-corrected chi connectivity index (χ2v) is 4.55. The Kier molecular flexibility index (Phi) is 3.90. The van der Waals surface area contributed by atoms with Gasteiger partial charge in [-0.15, -0.1) is 0 Å². The van der Waals surface area contributed by atoms with Gasteiger partial charge in [0.15, 0.2) is 0 Å². The second kappa shape index (κ2) is 5.26. The van der Waals surface area contributed by atoms with Crippen LogP contribution in [0.1, 0.15) is 24.3 Å². The van der Waals surface area contributed by atoms with Gasteiger partial charge in [-0.05, 0) is 13.0 Å². The number of rotatable bonds is 3. The molecule has 1 heterocycles. The topological polar surface area (TPSA) is 38.0 Å². The molecule has 0 bridgehead atoms. The molecule has 18 heavy (non-hydrogen) atoms. The van der Waals surface area contributed by atoms with E-state index in [2.05, 4.69) is 5.10 Å². The average Bonchev–Trinajstić information content (AvgIpc) is 2.73. The van der Waals surface area contributed by atoms with Crippen LogP contribution in [-0.2, 0) is 6.54 Å². The van der Waals surface area contributed by atoms with Crippen LogP contribution in [-0.4, -0.2) is 14.9 Å². The molecule has 0 aliphatic rings. The van der Waals surface area contributed by atoms with Crippen molar-refractivity contribution in [2.24, 2.45) is 0 Å². The van der Waals surface area contributed by atoms with Gasteiger partial charge in [-0.2, -0.15) is 5.10 Å². The Hall–Kier alpha value is -1.10. The Balaban J connectivity index is 2.51. The quantitative estimate of drug-likeness (QED) is 0.940. The molecular formula is C12H11Cl2FN2O. The normalized spacial score (nSPS) is 12.7. The number of aryl methyl sites for hydroxylation is 1. The molecule has 0 amide bonds. The van der Waals surface area contributed by atoms with Crippen LogP contribution in [0, 0.1) is 5.82 Å². The van der Waals surface area contributed by atoms with Gasteiger partial charge in [0.25, 0.3) is 0 Å². The minimum atomic E-state index is -1.20. The summed E-state index contributed by atoms with van der Waals surface area (Å²) in [4.78, 5) is 0. The largest absolute Gasteiger partial charge is 0.382 e. The Morgan fingerprint density at radius 1 is 1.39 bits per heavy atom. The van der Waals surface area contributed by atoms with E-state index in [0.29, 0.717) is 17.3 Å². The number of aromatic nitrogens is 2. The van der Waals surface area contributed by atoms with Gasteiger partial charge in [0.1, 0.15) is 11.9 Å². The number of benzene rings is 1. The van der Waals surface area contributed by atoms with Crippen LogP contribution in [0.4, 0.5) is 4.39 Å². The number of hydrogen-bond acceptors (Lipinski definition) is 2. The number of aliphatic hydroxyl groups excluding tert-OH is 1. The molecule has 0 radical (unpaired) electrons. The molecule has 0 fully saturated rings. The number of nitrogens with zero attached hydrogens (tertiary/aromatic N) is 2. The third-order valence-corrected chi connectivity index (χ3v) is 3.25. The highest BCUT2D eigenvalue weighted by Crippen LogP contribution is 2.31. The molecule has 0 saturated heterocycles. The molecule has 3 nitrogen and oxygen atoms in total. The van der Waals surface area contributed by atoms with Crippen molar-refractivity contribution >= 4 is 23.2 Å². The molecule has 1 aromatic carbocycles. The molecule has 2 rings (SSSR count). The predicted octanol–water partition coefficient (Wildman–Crippen LogP) is 3.43. The fraction of sp³-hybridized carbons (Fsp3) is 0.250. The van der Waals surface area contributed by atoms with E-state index in [0.717, 1.165) is 0 Å². The first-order chi connectivity index (χ1) is 8.56. The van der Waals surface area contributed by atoms with Crippen molar-refractivity contribution in [1.82, 2.24) is 9.78 Å². The van der Waals surface area contributed by atoms with Crippen molar-refractivity contribution < 1.29 is 9.50 Å². The van der Waals surface area contributed by atoms with Gasteiger partial charge in [-0.25, -0.2) is 4.39 Å². The first kappa shape index (κ1) is 13.3. The van der Waals surface area contributed by atoms with E-state index in [1.165, 1.54) is 23.0 Å². The minimum Gasteiger partial charge on any atom is -0.382 e. The van der Waals surface area contributed by atoms with E-state index in [4.69, 9.17) is 23.2 Å². The first-order valence-corrected chi connectivity index (χ1v) is 6.15. The molecule has 1 atom stereocenters. The van der Waals surface area contributed by atoms with E-state index in [1.54, 1.807) is 6.07 Å². The van der Waals surface area contributed by atoms with Gasteiger partial charge < -0.3 is 5.11 Å². The Morgan fingerprint density at radius 2 is 2.11 bits per heavy atom. The third-order valence-electron chi connectivity index (χ3n) is 2.67. The van der Waals surface area contributed by atoms with E-state index < -0.39 is 11.9 Å². The van der Waals surface area contributed by atoms with Crippen LogP contribution in [0.2, 0.25) is 10.0 Å². The van der Waals surface area contributed by atoms with Crippen LogP contribution in [0.25, 0.3) is 0 Å². The van der Waals surface area contributed by atoms with Crippen LogP contribution in [0.5, 0.6) is 0 Å². The van der Waals surface area contributed by atoms with E-state index in [1.807, 2.05) is 6.92 Å². The number of aliphatic hydroxyl groups is 1. The molecule has 1 N–H and O–H groups in total. The number of hydrogen-bond donors (Lipinski definition) is 1. The van der Waals surface area contributed by atoms with Gasteiger partial charge in [0.2, 0.25) is 0 Å². The van der Waals surface area contributed by atoms with Crippen LogP contribution >= 0.6 is 23.2 Å². The molecule has 2 aromatic rings. The van der Waals surface area contributed by atoms with E-state index in [-0.39, 0.29) is 10.6 Å². The van der Waals surface area contributed by atoms with Crippen molar-refractivity contribution in [3.8, 4) is 0 Å². The van der Waals surface area contributed by atoms with Gasteiger partial charge in [0.05, 0.1) is 21.9 Å². The summed E-state index contributed by atoms with van der Waals surface area (Å²) < 4.78 is 15.4. The summed E-state index contributed by atoms with van der Waals surface area (Å²) in [5.74, 6) is -0.647. The van der Waals surface area contributed by atoms with Crippen molar-refractivity contribution in [3.05, 3.63) is 51.5 Å². The Morgan fingerprint density at radius 3 is 2.78 bits per heavy atom. The SMILES string of the molecule is CCn1ncc(Cl)c1C(O)c1cccc(Cl)c1F. The fourth-order valence-corrected chi connectivity index (χ4v) is 2.20. The van der Waals surface area contributed by atoms with Gasteiger partial charge in [0, 0.05) is 12.1 Å². The zero-order chi connectivity index (χ0) is 13.3. The Labute approximate surface area is 114 Å². The summed E-state index contributed by atoms with van der Waals surface area (Å²) in [6.45, 7) is 2.38. The predicted molar refractivity (Wildman–Crippen MR) is 68.4 cm³/mol. The molecule has 1 aromatic heterocycles. The lowest BCUT2D eigenvalue weighted by molar-refractivity contribution is 0.203. The summed E-state index contributed by atoms with van der Waals surface area (Å²) >= 11 is 11.7. The van der Waals surface area contributed by atoms with Crippen LogP contribution in [0.3, 0.4) is 0 Å². The van der Waals surface area contributed by atoms with Crippen LogP contribution < -0.4 is 0 Å². The summed E-state index contributed by atoms with van der Waals surface area (Å²) in [6, 6.07) is 4.46. The second-order valence-electron chi connectivity index (χ2n) is 3.74. The van der Waals surface area contributed by atoms with E-state index >= 15 is 0 Å². The lowest BCUT2D eigenvalue weighted by Crippen LogP contribution is -2.11. The molecule has 0 aliphatic carbocycles. The van der Waals surface area contributed by atoms with Gasteiger partial charge in [-0.1, -0.05) is 35.3 Å². The van der Waals surface area contributed by atoms with Crippen molar-refractivity contribution in [3.63, 3.8) is 0 Å². The molecular weight excluding hydrogens is 278 g/mol. The molecule has 96 valence electrons. The third kappa shape index (κ3) is 2.23. The van der Waals surface area contributed by atoms with Crippen molar-refractivity contribution in [1.29, 1.82) is 0 Å². The molecule has 1 unspecified atom stereocenters. The van der Waals surface area contributed by atoms with Gasteiger partial charge in [-0.3, -0.25) is 4.68 Å². The Bertz CT molecular complexity index is 571. The average molecular weight is 289 g/mol. The molecule has 6 heteroatoms. The van der Waals surface area contributed by atoms with Crippen molar-refractivity contribution in [2.75, 3.05) is 0 Å². The first-order valence-electron chi connectivity index (χ1n) is 5.39. The highest BCUT2D eigenvalue weighted by Gasteiger charge is 2.23. The maximum absolute atomic E-state index is 13.8. The maximum Gasteiger partial charge on any atom is 0.147 e. The zero-order valence-electron chi connectivity index (χ0n) is 9.57. The fourth-order valence-electron chi connectivity index (χ4n) is 1.77. The smallest absolute Gasteiger partial charge is 0.147 e. The summed E-state index contributed by atoms with van der Waals surface area (Å²) in [5.41, 5.74) is 0.444. The lowest BCUT2D eigenvalue weighted by Gasteiger charge is -2.14. The monoisotopic (exact) mass is 288 g/mol. The maximum atomic E-state index is 13.8. The minimum absolute atomic E-state index is 0.0368. The van der Waals surface area contributed by atoms with E-state index in [9.17, 15) is 9.50 Å². The standard InChI is InChI=1S/C12H11Cl2FN2O/c1-2-17-11(9(14)6-16-17)12(18)7-4-3-5-8(13)10(7)15/h3-6,12,18H,2H2,1H3. The van der Waals surface area contributed by atoms with Crippen molar-refractivity contribution in [2.45, 2.75) is 19.6 Å².